The van der Waals surface area contributed by atoms with Gasteiger partial charge in [-0.1, -0.05) is 6.92 Å². The number of likely N-dealkylation sites (tertiary alicyclic amines) is 1. The van der Waals surface area contributed by atoms with Crippen LogP contribution >= 0.6 is 0 Å². The Morgan fingerprint density at radius 1 is 1.38 bits per heavy atom. The van der Waals surface area contributed by atoms with Gasteiger partial charge in [-0.05, 0) is 53.4 Å². The van der Waals surface area contributed by atoms with Crippen LogP contribution in [0.5, 0.6) is 0 Å². The van der Waals surface area contributed by atoms with Crippen LogP contribution < -0.4 is 5.32 Å². The SMILES string of the molecule is CCC(C)NCCN(C)C1CCN(C)CC1. The fourth-order valence-electron chi connectivity index (χ4n) is 2.25. The van der Waals surface area contributed by atoms with E-state index in [4.69, 9.17) is 0 Å². The van der Waals surface area contributed by atoms with Crippen molar-refractivity contribution >= 4 is 0 Å². The molecular weight excluding hydrogens is 198 g/mol. The molecule has 1 N–H and O–H groups in total. The summed E-state index contributed by atoms with van der Waals surface area (Å²) in [6.45, 7) is 9.31. The zero-order valence-electron chi connectivity index (χ0n) is 11.5. The highest BCUT2D eigenvalue weighted by atomic mass is 15.2. The van der Waals surface area contributed by atoms with Crippen molar-refractivity contribution in [3.05, 3.63) is 0 Å². The summed E-state index contributed by atoms with van der Waals surface area (Å²) in [5, 5.41) is 3.56. The van der Waals surface area contributed by atoms with Crippen LogP contribution in [0.4, 0.5) is 0 Å². The van der Waals surface area contributed by atoms with Crippen molar-refractivity contribution in [3.63, 3.8) is 0 Å². The zero-order valence-corrected chi connectivity index (χ0v) is 11.5. The number of piperidine rings is 1. The third-order valence-electron chi connectivity index (χ3n) is 3.88. The van der Waals surface area contributed by atoms with Crippen molar-refractivity contribution in [2.45, 2.75) is 45.2 Å². The van der Waals surface area contributed by atoms with Gasteiger partial charge in [0, 0.05) is 25.2 Å². The number of likely N-dealkylation sites (N-methyl/N-ethyl adjacent to an activating group) is 1. The summed E-state index contributed by atoms with van der Waals surface area (Å²) in [7, 11) is 4.50. The minimum atomic E-state index is 0.658. The zero-order chi connectivity index (χ0) is 12.0. The highest BCUT2D eigenvalue weighted by Gasteiger charge is 2.19. The lowest BCUT2D eigenvalue weighted by Gasteiger charge is -2.35. The number of hydrogen-bond donors (Lipinski definition) is 1. The molecule has 0 spiro atoms. The van der Waals surface area contributed by atoms with E-state index in [2.05, 4.69) is 43.1 Å². The van der Waals surface area contributed by atoms with Crippen molar-refractivity contribution in [2.75, 3.05) is 40.3 Å². The molecule has 1 aliphatic heterocycles. The van der Waals surface area contributed by atoms with E-state index in [1.807, 2.05) is 0 Å². The van der Waals surface area contributed by atoms with Crippen LogP contribution in [0.15, 0.2) is 0 Å². The summed E-state index contributed by atoms with van der Waals surface area (Å²) >= 11 is 0. The van der Waals surface area contributed by atoms with E-state index in [-0.39, 0.29) is 0 Å². The predicted octanol–water partition coefficient (Wildman–Crippen LogP) is 1.40. The van der Waals surface area contributed by atoms with Crippen LogP contribution in [0.2, 0.25) is 0 Å². The minimum Gasteiger partial charge on any atom is -0.313 e. The molecule has 16 heavy (non-hydrogen) atoms. The summed E-state index contributed by atoms with van der Waals surface area (Å²) in [6.07, 6.45) is 3.88. The fraction of sp³-hybridized carbons (Fsp3) is 1.00. The molecule has 1 atom stereocenters. The smallest absolute Gasteiger partial charge is 0.0117 e. The lowest BCUT2D eigenvalue weighted by atomic mass is 10.0. The van der Waals surface area contributed by atoms with Crippen LogP contribution in [0.1, 0.15) is 33.1 Å². The van der Waals surface area contributed by atoms with Crippen molar-refractivity contribution in [1.29, 1.82) is 0 Å². The molecule has 1 saturated heterocycles. The minimum absolute atomic E-state index is 0.658. The van der Waals surface area contributed by atoms with Gasteiger partial charge in [0.2, 0.25) is 0 Å². The van der Waals surface area contributed by atoms with Gasteiger partial charge in [-0.2, -0.15) is 0 Å². The molecule has 0 bridgehead atoms. The van der Waals surface area contributed by atoms with E-state index in [1.165, 1.54) is 38.9 Å². The number of nitrogens with one attached hydrogen (secondary N) is 1. The number of hydrogen-bond acceptors (Lipinski definition) is 3. The van der Waals surface area contributed by atoms with Crippen molar-refractivity contribution in [1.82, 2.24) is 15.1 Å². The van der Waals surface area contributed by atoms with Crippen LogP contribution in [0.3, 0.4) is 0 Å². The summed E-state index contributed by atoms with van der Waals surface area (Å²) in [4.78, 5) is 4.96. The second kappa shape index (κ2) is 7.25. The van der Waals surface area contributed by atoms with Gasteiger partial charge < -0.3 is 15.1 Å². The monoisotopic (exact) mass is 227 g/mol. The normalized spacial score (nSPS) is 21.6. The van der Waals surface area contributed by atoms with Gasteiger partial charge in [-0.3, -0.25) is 0 Å². The maximum atomic E-state index is 3.56. The Labute approximate surface area is 101 Å². The molecule has 0 radical (unpaired) electrons. The topological polar surface area (TPSA) is 18.5 Å². The van der Waals surface area contributed by atoms with Gasteiger partial charge in [0.05, 0.1) is 0 Å². The van der Waals surface area contributed by atoms with Crippen LogP contribution in [0, 0.1) is 0 Å². The molecule has 0 aromatic rings. The van der Waals surface area contributed by atoms with Crippen LogP contribution in [-0.4, -0.2) is 62.2 Å². The van der Waals surface area contributed by atoms with E-state index in [0.717, 1.165) is 12.6 Å². The molecule has 96 valence electrons. The molecule has 1 unspecified atom stereocenters. The van der Waals surface area contributed by atoms with Crippen molar-refractivity contribution < 1.29 is 0 Å². The Bertz CT molecular complexity index is 176. The number of rotatable bonds is 6. The Hall–Kier alpha value is -0.120. The van der Waals surface area contributed by atoms with Gasteiger partial charge >= 0.3 is 0 Å². The van der Waals surface area contributed by atoms with Crippen LogP contribution in [-0.2, 0) is 0 Å². The molecule has 1 heterocycles. The molecule has 1 fully saturated rings. The van der Waals surface area contributed by atoms with Gasteiger partial charge in [-0.15, -0.1) is 0 Å². The average molecular weight is 227 g/mol. The molecule has 3 nitrogen and oxygen atoms in total. The summed E-state index contributed by atoms with van der Waals surface area (Å²) < 4.78 is 0. The van der Waals surface area contributed by atoms with Gasteiger partial charge in [0.15, 0.2) is 0 Å². The first-order chi connectivity index (χ1) is 7.63. The van der Waals surface area contributed by atoms with Gasteiger partial charge in [0.25, 0.3) is 0 Å². The van der Waals surface area contributed by atoms with Crippen molar-refractivity contribution in [2.24, 2.45) is 0 Å². The molecule has 0 aromatic heterocycles. The largest absolute Gasteiger partial charge is 0.313 e. The van der Waals surface area contributed by atoms with Gasteiger partial charge in [-0.25, -0.2) is 0 Å². The molecule has 3 heteroatoms. The third-order valence-corrected chi connectivity index (χ3v) is 3.88. The fourth-order valence-corrected chi connectivity index (χ4v) is 2.25. The molecule has 1 rings (SSSR count). The first kappa shape index (κ1) is 13.9. The second-order valence-corrected chi connectivity index (χ2v) is 5.28. The van der Waals surface area contributed by atoms with E-state index >= 15 is 0 Å². The molecule has 1 aliphatic rings. The van der Waals surface area contributed by atoms with E-state index < -0.39 is 0 Å². The maximum Gasteiger partial charge on any atom is 0.0117 e. The molecule has 0 aliphatic carbocycles. The van der Waals surface area contributed by atoms with E-state index in [1.54, 1.807) is 0 Å². The van der Waals surface area contributed by atoms with E-state index in [0.29, 0.717) is 6.04 Å². The van der Waals surface area contributed by atoms with Gasteiger partial charge in [0.1, 0.15) is 0 Å². The molecule has 0 aromatic carbocycles. The lowest BCUT2D eigenvalue weighted by molar-refractivity contribution is 0.144. The summed E-state index contributed by atoms with van der Waals surface area (Å²) in [6, 6.07) is 1.46. The van der Waals surface area contributed by atoms with E-state index in [9.17, 15) is 0 Å². The maximum absolute atomic E-state index is 3.56. The first-order valence-electron chi connectivity index (χ1n) is 6.75. The number of nitrogens with zero attached hydrogens (tertiary/aromatic N) is 2. The van der Waals surface area contributed by atoms with Crippen LogP contribution in [0.25, 0.3) is 0 Å². The predicted molar refractivity (Wildman–Crippen MR) is 70.9 cm³/mol. The second-order valence-electron chi connectivity index (χ2n) is 5.28. The molecule has 0 saturated carbocycles. The Morgan fingerprint density at radius 3 is 2.56 bits per heavy atom. The highest BCUT2D eigenvalue weighted by Crippen LogP contribution is 2.13. The molecule has 0 amide bonds. The first-order valence-corrected chi connectivity index (χ1v) is 6.75. The lowest BCUT2D eigenvalue weighted by Crippen LogP contribution is -2.44. The Balaban J connectivity index is 2.12. The Morgan fingerprint density at radius 2 is 2.00 bits per heavy atom. The third kappa shape index (κ3) is 4.81. The highest BCUT2D eigenvalue weighted by molar-refractivity contribution is 4.77. The quantitative estimate of drug-likeness (QED) is 0.740. The van der Waals surface area contributed by atoms with Crippen molar-refractivity contribution in [3.8, 4) is 0 Å². The average Bonchev–Trinajstić information content (AvgIpc) is 2.29. The molecular formula is C13H29N3. The Kier molecular flexibility index (Phi) is 6.32. The summed E-state index contributed by atoms with van der Waals surface area (Å²) in [5.41, 5.74) is 0. The summed E-state index contributed by atoms with van der Waals surface area (Å²) in [5.74, 6) is 0. The standard InChI is InChI=1S/C13H29N3/c1-5-12(2)14-8-11-16(4)13-6-9-15(3)10-7-13/h12-14H,5-11H2,1-4H3.